The Labute approximate surface area is 133 Å². The first-order chi connectivity index (χ1) is 10.7. The zero-order chi connectivity index (χ0) is 15.8. The van der Waals surface area contributed by atoms with E-state index in [4.69, 9.17) is 12.6 Å². The fraction of sp³-hybridized carbons (Fsp3) is 0.500. The van der Waals surface area contributed by atoms with Crippen molar-refractivity contribution >= 4 is 30.2 Å². The summed E-state index contributed by atoms with van der Waals surface area (Å²) >= 11 is 0. The van der Waals surface area contributed by atoms with Crippen molar-refractivity contribution in [1.29, 1.82) is 0 Å². The maximum absolute atomic E-state index is 5.75. The summed E-state index contributed by atoms with van der Waals surface area (Å²) in [6, 6.07) is 5.66. The maximum atomic E-state index is 5.75. The van der Waals surface area contributed by atoms with Gasteiger partial charge in [0.05, 0.1) is 12.1 Å². The van der Waals surface area contributed by atoms with E-state index < -0.39 is 0 Å². The molecule has 0 aliphatic rings. The van der Waals surface area contributed by atoms with Gasteiger partial charge in [0.15, 0.2) is 0 Å². The molecule has 1 aromatic carbocycles. The SMILES string of the molecule is [B]c1ccc2nc(NCCCN(CC)CCOC)ncc2c1. The molecule has 0 spiro atoms. The molecule has 0 aliphatic carbocycles. The molecule has 0 fully saturated rings. The fourth-order valence-corrected chi connectivity index (χ4v) is 2.29. The summed E-state index contributed by atoms with van der Waals surface area (Å²) in [5.41, 5.74) is 1.63. The highest BCUT2D eigenvalue weighted by molar-refractivity contribution is 6.33. The molecule has 0 unspecified atom stereocenters. The van der Waals surface area contributed by atoms with Crippen LogP contribution in [0, 0.1) is 0 Å². The second-order valence-corrected chi connectivity index (χ2v) is 5.22. The van der Waals surface area contributed by atoms with E-state index in [1.54, 1.807) is 13.3 Å². The van der Waals surface area contributed by atoms with Gasteiger partial charge < -0.3 is 15.0 Å². The molecule has 1 N–H and O–H groups in total. The van der Waals surface area contributed by atoms with Gasteiger partial charge in [-0.05, 0) is 25.6 Å². The predicted molar refractivity (Wildman–Crippen MR) is 92.0 cm³/mol. The minimum absolute atomic E-state index is 0.664. The number of benzene rings is 1. The lowest BCUT2D eigenvalue weighted by atomic mass is 9.95. The second kappa shape index (κ2) is 8.71. The summed E-state index contributed by atoms with van der Waals surface area (Å²) in [6.07, 6.45) is 2.85. The van der Waals surface area contributed by atoms with Crippen LogP contribution in [-0.4, -0.2) is 62.6 Å². The third-order valence-corrected chi connectivity index (χ3v) is 3.60. The van der Waals surface area contributed by atoms with E-state index in [2.05, 4.69) is 27.1 Å². The van der Waals surface area contributed by atoms with E-state index in [1.807, 2.05) is 18.2 Å². The van der Waals surface area contributed by atoms with E-state index in [0.29, 0.717) is 5.95 Å². The van der Waals surface area contributed by atoms with Gasteiger partial charge in [-0.25, -0.2) is 9.97 Å². The number of fused-ring (bicyclic) bond motifs is 1. The minimum atomic E-state index is 0.664. The molecule has 2 radical (unpaired) electrons. The molecule has 2 rings (SSSR count). The third-order valence-electron chi connectivity index (χ3n) is 3.60. The van der Waals surface area contributed by atoms with Crippen molar-refractivity contribution < 1.29 is 4.74 Å². The molecule has 2 aromatic rings. The van der Waals surface area contributed by atoms with Gasteiger partial charge in [-0.1, -0.05) is 24.5 Å². The van der Waals surface area contributed by atoms with E-state index >= 15 is 0 Å². The molecule has 0 aliphatic heterocycles. The van der Waals surface area contributed by atoms with Crippen LogP contribution in [0.1, 0.15) is 13.3 Å². The van der Waals surface area contributed by atoms with E-state index in [9.17, 15) is 0 Å². The fourth-order valence-electron chi connectivity index (χ4n) is 2.29. The smallest absolute Gasteiger partial charge is 0.223 e. The number of likely N-dealkylation sites (N-methyl/N-ethyl adjacent to an activating group) is 1. The van der Waals surface area contributed by atoms with Gasteiger partial charge in [0.2, 0.25) is 5.95 Å². The molecule has 1 aromatic heterocycles. The van der Waals surface area contributed by atoms with Gasteiger partial charge >= 0.3 is 0 Å². The van der Waals surface area contributed by atoms with Crippen molar-refractivity contribution in [3.8, 4) is 0 Å². The standard InChI is InChI=1S/C16H23BN4O/c1-3-21(9-10-22-2)8-4-7-18-16-19-12-13-11-14(17)5-6-15(13)20-16/h5-6,11-12H,3-4,7-10H2,1-2H3,(H,18,19,20). The number of rotatable bonds is 9. The normalized spacial score (nSPS) is 11.2. The average molecular weight is 298 g/mol. The van der Waals surface area contributed by atoms with Crippen LogP contribution in [0.15, 0.2) is 24.4 Å². The molecule has 0 saturated heterocycles. The molecule has 0 bridgehead atoms. The number of hydrogen-bond donors (Lipinski definition) is 1. The summed E-state index contributed by atoms with van der Waals surface area (Å²) in [4.78, 5) is 11.2. The third kappa shape index (κ3) is 4.96. The van der Waals surface area contributed by atoms with Crippen molar-refractivity contribution in [2.24, 2.45) is 0 Å². The van der Waals surface area contributed by atoms with Crippen LogP contribution in [0.3, 0.4) is 0 Å². The quantitative estimate of drug-likeness (QED) is 0.557. The molecule has 116 valence electrons. The highest BCUT2D eigenvalue weighted by atomic mass is 16.5. The Morgan fingerprint density at radius 3 is 2.95 bits per heavy atom. The molecule has 5 nitrogen and oxygen atoms in total. The summed E-state index contributed by atoms with van der Waals surface area (Å²) in [5.74, 6) is 0.664. The van der Waals surface area contributed by atoms with Crippen LogP contribution in [0.25, 0.3) is 10.9 Å². The molecule has 0 amide bonds. The van der Waals surface area contributed by atoms with Crippen LogP contribution < -0.4 is 10.8 Å². The summed E-state index contributed by atoms with van der Waals surface area (Å²) in [5, 5.41) is 4.24. The summed E-state index contributed by atoms with van der Waals surface area (Å²) < 4.78 is 5.11. The van der Waals surface area contributed by atoms with Crippen molar-refractivity contribution in [2.45, 2.75) is 13.3 Å². The second-order valence-electron chi connectivity index (χ2n) is 5.22. The number of methoxy groups -OCH3 is 1. The lowest BCUT2D eigenvalue weighted by Crippen LogP contribution is -2.29. The van der Waals surface area contributed by atoms with Crippen molar-refractivity contribution in [2.75, 3.05) is 45.2 Å². The maximum Gasteiger partial charge on any atom is 0.223 e. The first-order valence-electron chi connectivity index (χ1n) is 7.70. The van der Waals surface area contributed by atoms with E-state index in [1.165, 1.54) is 0 Å². The number of nitrogens with one attached hydrogen (secondary N) is 1. The van der Waals surface area contributed by atoms with Crippen molar-refractivity contribution in [1.82, 2.24) is 14.9 Å². The van der Waals surface area contributed by atoms with Gasteiger partial charge in [0.25, 0.3) is 0 Å². The number of hydrogen-bond acceptors (Lipinski definition) is 5. The highest BCUT2D eigenvalue weighted by Gasteiger charge is 2.03. The van der Waals surface area contributed by atoms with Gasteiger partial charge in [-0.3, -0.25) is 0 Å². The first-order valence-corrected chi connectivity index (χ1v) is 7.70. The van der Waals surface area contributed by atoms with Gasteiger partial charge in [0, 0.05) is 31.8 Å². The Hall–Kier alpha value is -1.66. The lowest BCUT2D eigenvalue weighted by molar-refractivity contribution is 0.150. The highest BCUT2D eigenvalue weighted by Crippen LogP contribution is 2.10. The van der Waals surface area contributed by atoms with Crippen LogP contribution in [0.5, 0.6) is 0 Å². The number of anilines is 1. The largest absolute Gasteiger partial charge is 0.383 e. The molecule has 1 heterocycles. The summed E-state index contributed by atoms with van der Waals surface area (Å²) in [6.45, 7) is 6.85. The molecular formula is C16H23BN4O. The van der Waals surface area contributed by atoms with Crippen molar-refractivity contribution in [3.05, 3.63) is 24.4 Å². The van der Waals surface area contributed by atoms with Crippen molar-refractivity contribution in [3.63, 3.8) is 0 Å². The monoisotopic (exact) mass is 298 g/mol. The van der Waals surface area contributed by atoms with Crippen LogP contribution >= 0.6 is 0 Å². The van der Waals surface area contributed by atoms with Gasteiger partial charge in [0.1, 0.15) is 7.85 Å². The lowest BCUT2D eigenvalue weighted by Gasteiger charge is -2.19. The topological polar surface area (TPSA) is 50.3 Å². The van der Waals surface area contributed by atoms with Crippen LogP contribution in [0.4, 0.5) is 5.95 Å². The number of nitrogens with zero attached hydrogens (tertiary/aromatic N) is 3. The summed E-state index contributed by atoms with van der Waals surface area (Å²) in [7, 11) is 7.49. The number of ether oxygens (including phenoxy) is 1. The Balaban J connectivity index is 1.80. The van der Waals surface area contributed by atoms with Gasteiger partial charge in [-0.2, -0.15) is 0 Å². The molecule has 22 heavy (non-hydrogen) atoms. The molecular weight excluding hydrogens is 275 g/mol. The zero-order valence-corrected chi connectivity index (χ0v) is 13.4. The molecule has 0 saturated carbocycles. The first kappa shape index (κ1) is 16.7. The number of aromatic nitrogens is 2. The molecule has 0 atom stereocenters. The zero-order valence-electron chi connectivity index (χ0n) is 13.4. The molecule has 6 heteroatoms. The Morgan fingerprint density at radius 2 is 2.18 bits per heavy atom. The average Bonchev–Trinajstić information content (AvgIpc) is 2.54. The van der Waals surface area contributed by atoms with E-state index in [-0.39, 0.29) is 0 Å². The Morgan fingerprint density at radius 1 is 1.32 bits per heavy atom. The Kier molecular flexibility index (Phi) is 6.61. The van der Waals surface area contributed by atoms with Crippen LogP contribution in [-0.2, 0) is 4.74 Å². The minimum Gasteiger partial charge on any atom is -0.383 e. The van der Waals surface area contributed by atoms with Gasteiger partial charge in [-0.15, -0.1) is 0 Å². The predicted octanol–water partition coefficient (Wildman–Crippen LogP) is 1.19. The Bertz CT molecular complexity index is 593. The van der Waals surface area contributed by atoms with Crippen LogP contribution in [0.2, 0.25) is 0 Å². The van der Waals surface area contributed by atoms with E-state index in [0.717, 1.165) is 55.6 Å².